The molecular weight excluding hydrogens is 308 g/mol. The Labute approximate surface area is 128 Å². The number of aryl methyl sites for hydroxylation is 2. The van der Waals surface area contributed by atoms with E-state index in [1.807, 2.05) is 6.92 Å². The maximum Gasteiger partial charge on any atom is 0.257 e. The number of hydrogen-bond donors (Lipinski definition) is 2. The van der Waals surface area contributed by atoms with Gasteiger partial charge < -0.3 is 9.84 Å². The van der Waals surface area contributed by atoms with Crippen molar-refractivity contribution in [1.29, 1.82) is 0 Å². The molecule has 2 heterocycles. The van der Waals surface area contributed by atoms with Crippen LogP contribution in [-0.4, -0.2) is 30.7 Å². The van der Waals surface area contributed by atoms with E-state index in [9.17, 15) is 13.2 Å². The summed E-state index contributed by atoms with van der Waals surface area (Å²) in [7, 11) is -3.40. The van der Waals surface area contributed by atoms with Crippen molar-refractivity contribution >= 4 is 27.4 Å². The van der Waals surface area contributed by atoms with Crippen molar-refractivity contribution in [3.63, 3.8) is 0 Å². The summed E-state index contributed by atoms with van der Waals surface area (Å²) < 4.78 is 29.4. The molecule has 2 aromatic rings. The largest absolute Gasteiger partial charge is 0.359 e. The summed E-state index contributed by atoms with van der Waals surface area (Å²) in [5.41, 5.74) is 1.50. The summed E-state index contributed by atoms with van der Waals surface area (Å²) in [6.45, 7) is 3.61. The summed E-state index contributed by atoms with van der Waals surface area (Å²) in [5, 5.41) is 6.57. The highest BCUT2D eigenvalue weighted by atomic mass is 32.2. The Hall–Kier alpha value is -2.42. The van der Waals surface area contributed by atoms with Crippen LogP contribution in [0.25, 0.3) is 0 Å². The molecule has 0 aliphatic rings. The molecule has 0 saturated heterocycles. The van der Waals surface area contributed by atoms with Gasteiger partial charge in [0.1, 0.15) is 17.2 Å². The van der Waals surface area contributed by atoms with Gasteiger partial charge in [-0.2, -0.15) is 0 Å². The van der Waals surface area contributed by atoms with Crippen LogP contribution in [0.2, 0.25) is 0 Å². The predicted octanol–water partition coefficient (Wildman–Crippen LogP) is 1.56. The van der Waals surface area contributed by atoms with Crippen LogP contribution in [-0.2, 0) is 16.4 Å². The highest BCUT2D eigenvalue weighted by Crippen LogP contribution is 2.21. The first kappa shape index (κ1) is 16.0. The molecule has 22 heavy (non-hydrogen) atoms. The number of hydrogen-bond acceptors (Lipinski definition) is 6. The van der Waals surface area contributed by atoms with Gasteiger partial charge in [0.05, 0.1) is 11.8 Å². The minimum atomic E-state index is -3.40. The molecule has 0 radical (unpaired) electrons. The number of carbonyl (C=O) groups is 1. The monoisotopic (exact) mass is 324 g/mol. The Morgan fingerprint density at radius 2 is 2.09 bits per heavy atom. The van der Waals surface area contributed by atoms with E-state index in [2.05, 4.69) is 20.2 Å². The Kier molecular flexibility index (Phi) is 4.45. The standard InChI is InChI=1S/C13H16N4O4S/c1-4-10-12(8(2)21-16-10)15-13(18)9-5-6-11(14-7-9)17-22(3,19)20/h5-7H,4H2,1-3H3,(H,14,17)(H,15,18). The van der Waals surface area contributed by atoms with Gasteiger partial charge in [0.25, 0.3) is 5.91 Å². The Balaban J connectivity index is 2.15. The molecule has 9 heteroatoms. The van der Waals surface area contributed by atoms with Crippen molar-refractivity contribution in [3.8, 4) is 0 Å². The number of sulfonamides is 1. The molecule has 0 unspecified atom stereocenters. The highest BCUT2D eigenvalue weighted by Gasteiger charge is 2.15. The van der Waals surface area contributed by atoms with Gasteiger partial charge in [-0.15, -0.1) is 0 Å². The summed E-state index contributed by atoms with van der Waals surface area (Å²) in [5.74, 6) is 0.294. The number of nitrogens with zero attached hydrogens (tertiary/aromatic N) is 2. The quantitative estimate of drug-likeness (QED) is 0.862. The van der Waals surface area contributed by atoms with Crippen molar-refractivity contribution in [2.24, 2.45) is 0 Å². The molecule has 0 spiro atoms. The van der Waals surface area contributed by atoms with Crippen molar-refractivity contribution in [2.45, 2.75) is 20.3 Å². The lowest BCUT2D eigenvalue weighted by Gasteiger charge is -2.06. The third kappa shape index (κ3) is 3.82. The minimum absolute atomic E-state index is 0.148. The van der Waals surface area contributed by atoms with Gasteiger partial charge in [-0.05, 0) is 25.5 Å². The lowest BCUT2D eigenvalue weighted by Crippen LogP contribution is -2.15. The zero-order valence-electron chi connectivity index (χ0n) is 12.4. The number of nitrogens with one attached hydrogen (secondary N) is 2. The third-order valence-electron chi connectivity index (χ3n) is 2.82. The fourth-order valence-electron chi connectivity index (χ4n) is 1.78. The summed E-state index contributed by atoms with van der Waals surface area (Å²) >= 11 is 0. The van der Waals surface area contributed by atoms with Crippen molar-refractivity contribution in [3.05, 3.63) is 35.3 Å². The van der Waals surface area contributed by atoms with Gasteiger partial charge in [-0.1, -0.05) is 12.1 Å². The number of pyridine rings is 1. The molecule has 2 N–H and O–H groups in total. The van der Waals surface area contributed by atoms with E-state index < -0.39 is 10.0 Å². The second-order valence-electron chi connectivity index (χ2n) is 4.67. The van der Waals surface area contributed by atoms with Crippen LogP contribution in [0.4, 0.5) is 11.5 Å². The van der Waals surface area contributed by atoms with Crippen molar-refractivity contribution in [2.75, 3.05) is 16.3 Å². The first-order chi connectivity index (χ1) is 10.3. The minimum Gasteiger partial charge on any atom is -0.359 e. The number of carbonyl (C=O) groups excluding carboxylic acids is 1. The molecule has 0 aliphatic carbocycles. The number of rotatable bonds is 5. The van der Waals surface area contributed by atoms with Gasteiger partial charge in [0.2, 0.25) is 10.0 Å². The second-order valence-corrected chi connectivity index (χ2v) is 6.42. The van der Waals surface area contributed by atoms with Crippen LogP contribution < -0.4 is 10.0 Å². The van der Waals surface area contributed by atoms with E-state index in [1.165, 1.54) is 18.3 Å². The lowest BCUT2D eigenvalue weighted by molar-refractivity contribution is 0.102. The molecular formula is C13H16N4O4S. The molecule has 2 rings (SSSR count). The molecule has 1 amide bonds. The lowest BCUT2D eigenvalue weighted by atomic mass is 10.2. The zero-order chi connectivity index (χ0) is 16.3. The smallest absolute Gasteiger partial charge is 0.257 e. The molecule has 0 bridgehead atoms. The van der Waals surface area contributed by atoms with Gasteiger partial charge in [-0.25, -0.2) is 13.4 Å². The maximum absolute atomic E-state index is 12.2. The van der Waals surface area contributed by atoms with Crippen LogP contribution >= 0.6 is 0 Å². The van der Waals surface area contributed by atoms with E-state index in [0.717, 1.165) is 6.26 Å². The van der Waals surface area contributed by atoms with Crippen LogP contribution in [0.5, 0.6) is 0 Å². The molecule has 2 aromatic heterocycles. The van der Waals surface area contributed by atoms with Gasteiger partial charge in [0, 0.05) is 6.20 Å². The summed E-state index contributed by atoms with van der Waals surface area (Å²) in [4.78, 5) is 16.1. The second kappa shape index (κ2) is 6.14. The van der Waals surface area contributed by atoms with E-state index in [4.69, 9.17) is 4.52 Å². The zero-order valence-corrected chi connectivity index (χ0v) is 13.2. The first-order valence-electron chi connectivity index (χ1n) is 6.50. The Morgan fingerprint density at radius 3 is 2.64 bits per heavy atom. The molecule has 8 nitrogen and oxygen atoms in total. The third-order valence-corrected chi connectivity index (χ3v) is 3.40. The van der Waals surface area contributed by atoms with E-state index in [-0.39, 0.29) is 11.7 Å². The Bertz CT molecular complexity index is 781. The average molecular weight is 324 g/mol. The molecule has 118 valence electrons. The SMILES string of the molecule is CCc1noc(C)c1NC(=O)c1ccc(NS(C)(=O)=O)nc1. The first-order valence-corrected chi connectivity index (χ1v) is 8.39. The topological polar surface area (TPSA) is 114 Å². The van der Waals surface area contributed by atoms with E-state index in [1.54, 1.807) is 6.92 Å². The Morgan fingerprint density at radius 1 is 1.36 bits per heavy atom. The molecule has 0 saturated carbocycles. The fourth-order valence-corrected chi connectivity index (χ4v) is 2.28. The van der Waals surface area contributed by atoms with E-state index >= 15 is 0 Å². The predicted molar refractivity (Wildman–Crippen MR) is 81.3 cm³/mol. The highest BCUT2D eigenvalue weighted by molar-refractivity contribution is 7.92. The number of amides is 1. The fraction of sp³-hybridized carbons (Fsp3) is 0.308. The van der Waals surface area contributed by atoms with Crippen molar-refractivity contribution in [1.82, 2.24) is 10.1 Å². The van der Waals surface area contributed by atoms with Gasteiger partial charge >= 0.3 is 0 Å². The normalized spacial score (nSPS) is 11.2. The molecule has 0 aliphatic heterocycles. The molecule has 0 atom stereocenters. The van der Waals surface area contributed by atoms with Gasteiger partial charge in [-0.3, -0.25) is 9.52 Å². The maximum atomic E-state index is 12.2. The van der Waals surface area contributed by atoms with Gasteiger partial charge in [0.15, 0.2) is 5.76 Å². The molecule has 0 fully saturated rings. The average Bonchev–Trinajstić information content (AvgIpc) is 2.78. The number of aromatic nitrogens is 2. The summed E-state index contributed by atoms with van der Waals surface area (Å²) in [6.07, 6.45) is 2.94. The number of anilines is 2. The van der Waals surface area contributed by atoms with Crippen LogP contribution in [0, 0.1) is 6.92 Å². The van der Waals surface area contributed by atoms with Crippen LogP contribution in [0.3, 0.4) is 0 Å². The molecule has 0 aromatic carbocycles. The van der Waals surface area contributed by atoms with Crippen LogP contribution in [0.1, 0.15) is 28.7 Å². The van der Waals surface area contributed by atoms with Crippen molar-refractivity contribution < 1.29 is 17.7 Å². The summed E-state index contributed by atoms with van der Waals surface area (Å²) in [6, 6.07) is 2.89. The van der Waals surface area contributed by atoms with E-state index in [0.29, 0.717) is 29.1 Å². The van der Waals surface area contributed by atoms with Crippen LogP contribution in [0.15, 0.2) is 22.9 Å².